The van der Waals surface area contributed by atoms with Crippen molar-refractivity contribution in [2.24, 2.45) is 11.8 Å². The number of amides is 6. The van der Waals surface area contributed by atoms with Crippen molar-refractivity contribution in [2.75, 3.05) is 27.7 Å². The summed E-state index contributed by atoms with van der Waals surface area (Å²) < 4.78 is 22.0. The number of likely N-dealkylation sites (N-methyl/N-ethyl adjacent to an activating group) is 2. The number of hydrogen-bond acceptors (Lipinski definition) is 10. The number of rotatable bonds is 9. The van der Waals surface area contributed by atoms with Crippen molar-refractivity contribution in [1.82, 2.24) is 19.6 Å². The summed E-state index contributed by atoms with van der Waals surface area (Å²) in [7, 11) is 3.08. The fourth-order valence-corrected chi connectivity index (χ4v) is 7.97. The van der Waals surface area contributed by atoms with Crippen molar-refractivity contribution < 1.29 is 47.7 Å². The second kappa shape index (κ2) is 14.2. The summed E-state index contributed by atoms with van der Waals surface area (Å²) in [5.74, 6) is -7.18. The Morgan fingerprint density at radius 1 is 0.536 bits per heavy atom. The molecule has 0 saturated carbocycles. The lowest BCUT2D eigenvalue weighted by Crippen LogP contribution is -2.53. The number of urea groups is 2. The van der Waals surface area contributed by atoms with Gasteiger partial charge in [0.2, 0.25) is 25.4 Å². The van der Waals surface area contributed by atoms with E-state index in [2.05, 4.69) is 0 Å². The average molecular weight is 759 g/mol. The second-order valence-electron chi connectivity index (χ2n) is 14.2. The van der Waals surface area contributed by atoms with Crippen LogP contribution in [0.1, 0.15) is 57.8 Å². The van der Waals surface area contributed by atoms with E-state index in [4.69, 9.17) is 18.9 Å². The molecule has 286 valence electrons. The van der Waals surface area contributed by atoms with Crippen LogP contribution in [0.2, 0.25) is 0 Å². The summed E-state index contributed by atoms with van der Waals surface area (Å²) in [6.07, 6.45) is 0. The molecule has 4 aliphatic heterocycles. The topological polar surface area (TPSA) is 152 Å². The number of hydrogen-bond donors (Lipinski definition) is 0. The van der Waals surface area contributed by atoms with E-state index in [9.17, 15) is 9.59 Å². The maximum atomic E-state index is 15.5. The van der Waals surface area contributed by atoms with Gasteiger partial charge in [-0.05, 0) is 61.4 Å². The molecular formula is C42H38N4O10. The van der Waals surface area contributed by atoms with E-state index < -0.39 is 71.4 Å². The van der Waals surface area contributed by atoms with Crippen LogP contribution in [0.15, 0.2) is 97.1 Å². The Balaban J connectivity index is 1.33. The molecular weight excluding hydrogens is 720 g/mol. The number of ketones is 2. The Labute approximate surface area is 322 Å². The first-order chi connectivity index (χ1) is 27.0. The number of carbonyl (C=O) groups is 6. The van der Waals surface area contributed by atoms with Gasteiger partial charge in [0.15, 0.2) is 34.6 Å². The largest absolute Gasteiger partial charge is 0.454 e. The van der Waals surface area contributed by atoms with Crippen LogP contribution in [0.4, 0.5) is 9.59 Å². The third-order valence-corrected chi connectivity index (χ3v) is 11.2. The first-order valence-electron chi connectivity index (χ1n) is 18.1. The highest BCUT2D eigenvalue weighted by Crippen LogP contribution is 2.43. The van der Waals surface area contributed by atoms with Crippen molar-refractivity contribution in [3.05, 3.63) is 119 Å². The van der Waals surface area contributed by atoms with Gasteiger partial charge in [-0.2, -0.15) is 0 Å². The molecule has 2 saturated heterocycles. The van der Waals surface area contributed by atoms with Crippen molar-refractivity contribution in [3.8, 4) is 23.0 Å². The number of carbonyl (C=O) groups excluding carboxylic acids is 6. The van der Waals surface area contributed by atoms with Crippen LogP contribution in [0, 0.1) is 11.8 Å². The molecule has 0 aliphatic carbocycles. The Bertz CT molecular complexity index is 2110. The van der Waals surface area contributed by atoms with Crippen LogP contribution in [0.25, 0.3) is 0 Å². The third kappa shape index (κ3) is 5.88. The Morgan fingerprint density at radius 3 is 1.27 bits per heavy atom. The fourth-order valence-electron chi connectivity index (χ4n) is 7.97. The van der Waals surface area contributed by atoms with Gasteiger partial charge in [-0.15, -0.1) is 0 Å². The molecule has 4 aliphatic rings. The number of nitrogens with zero attached hydrogens (tertiary/aromatic N) is 4. The standard InChI is InChI=1S/C42H38N4O10/c1-23-35(25-11-7-5-8-12-25)45(41(51)43(23)3)39(49)33(37(47)27-15-17-29-31(19-27)55-21-53-29)34(38(48)28-16-18-30-32(20-28)56-22-54-30)40(50)46-36(24(2)44(4)42(46)52)26-13-9-6-10-14-26/h5-20,23-24,33-36H,21-22H2,1-4H3/t23-,24-,33-,34+,35-,36-/m1/s1. The van der Waals surface area contributed by atoms with Crippen LogP contribution >= 0.6 is 0 Å². The fraction of sp³-hybridized carbons (Fsp3) is 0.286. The SMILES string of the molecule is C[C@@H]1[C@H](c2ccccc2)N(C(=O)[C@@H](C(=O)c2ccc3c(c2)OCO3)[C@@H](C(=O)c2ccc3c(c2)OCO3)C(=O)N2C(=O)N(C)[C@H](C)[C@@H]2c2ccccc2)C(=O)N1C. The summed E-state index contributed by atoms with van der Waals surface area (Å²) in [6.45, 7) is 3.33. The summed E-state index contributed by atoms with van der Waals surface area (Å²) in [5, 5.41) is 0. The number of ether oxygens (including phenoxy) is 4. The van der Waals surface area contributed by atoms with Gasteiger partial charge in [0.1, 0.15) is 11.8 Å². The zero-order valence-corrected chi connectivity index (χ0v) is 31.0. The third-order valence-electron chi connectivity index (χ3n) is 11.2. The molecule has 0 aromatic heterocycles. The first kappa shape index (κ1) is 36.3. The van der Waals surface area contributed by atoms with Crippen LogP contribution in [0.5, 0.6) is 23.0 Å². The first-order valence-corrected chi connectivity index (χ1v) is 18.1. The molecule has 14 nitrogen and oxygen atoms in total. The van der Waals surface area contributed by atoms with Gasteiger partial charge in [-0.1, -0.05) is 60.7 Å². The molecule has 4 aromatic carbocycles. The molecule has 4 heterocycles. The van der Waals surface area contributed by atoms with E-state index in [1.807, 2.05) is 0 Å². The monoisotopic (exact) mass is 758 g/mol. The lowest BCUT2D eigenvalue weighted by Gasteiger charge is -2.33. The Morgan fingerprint density at radius 2 is 0.893 bits per heavy atom. The molecule has 0 spiro atoms. The van der Waals surface area contributed by atoms with Crippen molar-refractivity contribution >= 4 is 35.4 Å². The minimum Gasteiger partial charge on any atom is -0.454 e. The predicted octanol–water partition coefficient (Wildman–Crippen LogP) is 5.49. The van der Waals surface area contributed by atoms with E-state index >= 15 is 19.2 Å². The number of benzene rings is 4. The van der Waals surface area contributed by atoms with E-state index in [-0.39, 0.29) is 36.2 Å². The van der Waals surface area contributed by atoms with Gasteiger partial charge in [-0.3, -0.25) is 29.0 Å². The highest BCUT2D eigenvalue weighted by Gasteiger charge is 2.57. The molecule has 6 amide bonds. The molecule has 0 N–H and O–H groups in total. The summed E-state index contributed by atoms with van der Waals surface area (Å²) >= 11 is 0. The summed E-state index contributed by atoms with van der Waals surface area (Å²) in [5.41, 5.74) is 1.04. The minimum atomic E-state index is -2.14. The van der Waals surface area contributed by atoms with Crippen molar-refractivity contribution in [1.29, 1.82) is 0 Å². The average Bonchev–Trinajstić information content (AvgIpc) is 3.99. The van der Waals surface area contributed by atoms with Gasteiger partial charge in [0.25, 0.3) is 0 Å². The molecule has 56 heavy (non-hydrogen) atoms. The van der Waals surface area contributed by atoms with Crippen LogP contribution in [0.3, 0.4) is 0 Å². The van der Waals surface area contributed by atoms with E-state index in [1.165, 1.54) is 60.3 Å². The molecule has 0 radical (unpaired) electrons. The van der Waals surface area contributed by atoms with E-state index in [0.717, 1.165) is 9.80 Å². The van der Waals surface area contributed by atoms with Gasteiger partial charge in [0, 0.05) is 25.2 Å². The van der Waals surface area contributed by atoms with Gasteiger partial charge < -0.3 is 28.7 Å². The van der Waals surface area contributed by atoms with E-state index in [1.54, 1.807) is 74.5 Å². The minimum absolute atomic E-state index is 0.0777. The summed E-state index contributed by atoms with van der Waals surface area (Å²) in [4.78, 5) is 94.3. The van der Waals surface area contributed by atoms with Crippen molar-refractivity contribution in [2.45, 2.75) is 38.0 Å². The number of imide groups is 2. The Hall–Kier alpha value is -6.70. The smallest absolute Gasteiger partial charge is 0.327 e. The molecule has 0 unspecified atom stereocenters. The van der Waals surface area contributed by atoms with E-state index in [0.29, 0.717) is 22.6 Å². The molecule has 4 aromatic rings. The molecule has 14 heteroatoms. The lowest BCUT2D eigenvalue weighted by atomic mass is 9.78. The van der Waals surface area contributed by atoms with Crippen LogP contribution < -0.4 is 18.9 Å². The maximum Gasteiger partial charge on any atom is 0.327 e. The molecule has 6 atom stereocenters. The molecule has 0 bridgehead atoms. The Kier molecular flexibility index (Phi) is 9.19. The number of fused-ring (bicyclic) bond motifs is 2. The van der Waals surface area contributed by atoms with Crippen molar-refractivity contribution in [3.63, 3.8) is 0 Å². The van der Waals surface area contributed by atoms with Crippen LogP contribution in [-0.4, -0.2) is 94.8 Å². The quantitative estimate of drug-likeness (QED) is 0.158. The summed E-state index contributed by atoms with van der Waals surface area (Å²) in [6, 6.07) is 21.8. The van der Waals surface area contributed by atoms with Gasteiger partial charge in [-0.25, -0.2) is 9.59 Å². The molecule has 2 fully saturated rings. The zero-order chi connectivity index (χ0) is 39.4. The number of Topliss-reactive ketones (excluding diaryl/α,β-unsaturated/α-hetero) is 2. The zero-order valence-electron chi connectivity index (χ0n) is 31.0. The highest BCUT2D eigenvalue weighted by atomic mass is 16.7. The second-order valence-corrected chi connectivity index (χ2v) is 14.2. The lowest BCUT2D eigenvalue weighted by molar-refractivity contribution is -0.141. The maximum absolute atomic E-state index is 15.5. The molecule has 8 rings (SSSR count). The highest BCUT2D eigenvalue weighted by molar-refractivity contribution is 6.23. The van der Waals surface area contributed by atoms with Gasteiger partial charge >= 0.3 is 12.1 Å². The van der Waals surface area contributed by atoms with Gasteiger partial charge in [0.05, 0.1) is 24.2 Å². The van der Waals surface area contributed by atoms with Crippen LogP contribution in [-0.2, 0) is 9.59 Å². The predicted molar refractivity (Wildman–Crippen MR) is 198 cm³/mol. The normalized spacial score (nSPS) is 22.1.